The molecule has 0 radical (unpaired) electrons. The second-order valence-corrected chi connectivity index (χ2v) is 7.39. The van der Waals surface area contributed by atoms with Crippen LogP contribution >= 0.6 is 0 Å². The van der Waals surface area contributed by atoms with Gasteiger partial charge < -0.3 is 14.9 Å². The molecule has 2 saturated heterocycles. The number of pyridine rings is 1. The molecule has 1 N–H and O–H groups in total. The minimum absolute atomic E-state index is 0.0386. The third-order valence-corrected chi connectivity index (χ3v) is 5.78. The lowest BCUT2D eigenvalue weighted by Crippen LogP contribution is -2.50. The van der Waals surface area contributed by atoms with Crippen LogP contribution in [-0.4, -0.2) is 53.7 Å². The lowest BCUT2D eigenvalue weighted by molar-refractivity contribution is -0.145. The van der Waals surface area contributed by atoms with Crippen LogP contribution in [0.25, 0.3) is 10.9 Å². The highest BCUT2D eigenvalue weighted by atomic mass is 16.3. The summed E-state index contributed by atoms with van der Waals surface area (Å²) in [6.45, 7) is 4.98. The second kappa shape index (κ2) is 6.30. The van der Waals surface area contributed by atoms with E-state index in [1.165, 1.54) is 10.9 Å². The van der Waals surface area contributed by atoms with Gasteiger partial charge in [0, 0.05) is 31.6 Å². The average molecular weight is 339 g/mol. The number of aryl methyl sites for hydroxylation is 1. The summed E-state index contributed by atoms with van der Waals surface area (Å²) in [6, 6.07) is 10.3. The van der Waals surface area contributed by atoms with E-state index in [1.807, 2.05) is 23.1 Å². The molecule has 1 aromatic heterocycles. The number of benzene rings is 1. The maximum absolute atomic E-state index is 13.0. The fraction of sp³-hybridized carbons (Fsp3) is 0.500. The van der Waals surface area contributed by atoms with Crippen LogP contribution in [0.1, 0.15) is 24.8 Å². The van der Waals surface area contributed by atoms with Gasteiger partial charge in [-0.3, -0.25) is 4.79 Å². The Labute approximate surface area is 148 Å². The van der Waals surface area contributed by atoms with Crippen LogP contribution < -0.4 is 4.90 Å². The van der Waals surface area contributed by atoms with Crippen LogP contribution in [0.4, 0.5) is 5.82 Å². The standard InChI is InChI=1S/C20H25N3O2/c1-15-13-18(21-17-6-3-2-5-16(15)17)23-10-8-20(14-23)7-4-9-22(11-12-24)19(20)25/h2-3,5-6,13,24H,4,7-12,14H2,1H3/t20-/m1/s1. The molecule has 0 saturated carbocycles. The molecule has 5 heteroatoms. The molecule has 132 valence electrons. The zero-order valence-corrected chi connectivity index (χ0v) is 14.7. The first kappa shape index (κ1) is 16.3. The molecule has 1 spiro atoms. The normalized spacial score (nSPS) is 23.8. The first-order chi connectivity index (χ1) is 12.1. The smallest absolute Gasteiger partial charge is 0.230 e. The molecule has 5 nitrogen and oxygen atoms in total. The van der Waals surface area contributed by atoms with E-state index in [0.717, 1.165) is 50.2 Å². The molecule has 25 heavy (non-hydrogen) atoms. The predicted octanol–water partition coefficient (Wildman–Crippen LogP) is 2.35. The van der Waals surface area contributed by atoms with E-state index in [9.17, 15) is 9.90 Å². The molecule has 0 aliphatic carbocycles. The number of aliphatic hydroxyl groups is 1. The third kappa shape index (κ3) is 2.76. The topological polar surface area (TPSA) is 56.7 Å². The van der Waals surface area contributed by atoms with Gasteiger partial charge in [-0.15, -0.1) is 0 Å². The minimum atomic E-state index is -0.297. The van der Waals surface area contributed by atoms with Gasteiger partial charge in [0.25, 0.3) is 0 Å². The molecule has 1 aromatic carbocycles. The molecule has 0 unspecified atom stereocenters. The summed E-state index contributed by atoms with van der Waals surface area (Å²) in [6.07, 6.45) is 2.84. The summed E-state index contributed by atoms with van der Waals surface area (Å²) >= 11 is 0. The van der Waals surface area contributed by atoms with E-state index in [1.54, 1.807) is 0 Å². The zero-order chi connectivity index (χ0) is 17.4. The van der Waals surface area contributed by atoms with Gasteiger partial charge in [-0.1, -0.05) is 18.2 Å². The van der Waals surface area contributed by atoms with Crippen molar-refractivity contribution in [2.24, 2.45) is 5.41 Å². The number of aliphatic hydroxyl groups excluding tert-OH is 1. The van der Waals surface area contributed by atoms with Crippen molar-refractivity contribution in [3.8, 4) is 0 Å². The maximum atomic E-state index is 13.0. The number of rotatable bonds is 3. The molecular weight excluding hydrogens is 314 g/mol. The number of amides is 1. The van der Waals surface area contributed by atoms with Crippen LogP contribution in [-0.2, 0) is 4.79 Å². The molecular formula is C20H25N3O2. The van der Waals surface area contributed by atoms with Gasteiger partial charge in [0.05, 0.1) is 17.5 Å². The molecule has 2 aromatic rings. The fourth-order valence-corrected chi connectivity index (χ4v) is 4.43. The SMILES string of the molecule is Cc1cc(N2CC[C@]3(CCCN(CCO)C3=O)C2)nc2ccccc12. The summed E-state index contributed by atoms with van der Waals surface area (Å²) in [5.41, 5.74) is 1.93. The number of carbonyl (C=O) groups excluding carboxylic acids is 1. The van der Waals surface area contributed by atoms with Gasteiger partial charge in [-0.05, 0) is 43.9 Å². The number of likely N-dealkylation sites (tertiary alicyclic amines) is 1. The number of aromatic nitrogens is 1. The first-order valence-electron chi connectivity index (χ1n) is 9.15. The number of fused-ring (bicyclic) bond motifs is 1. The van der Waals surface area contributed by atoms with Crippen molar-refractivity contribution < 1.29 is 9.90 Å². The Kier molecular flexibility index (Phi) is 4.12. The highest BCUT2D eigenvalue weighted by molar-refractivity contribution is 5.86. The van der Waals surface area contributed by atoms with Crippen LogP contribution in [0.15, 0.2) is 30.3 Å². The Morgan fingerprint density at radius 2 is 2.08 bits per heavy atom. The molecule has 1 atom stereocenters. The van der Waals surface area contributed by atoms with Crippen LogP contribution in [0.3, 0.4) is 0 Å². The van der Waals surface area contributed by atoms with Gasteiger partial charge in [0.1, 0.15) is 5.82 Å². The van der Waals surface area contributed by atoms with Crippen molar-refractivity contribution >= 4 is 22.6 Å². The molecule has 4 rings (SSSR count). The molecule has 2 fully saturated rings. The van der Waals surface area contributed by atoms with Crippen molar-refractivity contribution in [1.29, 1.82) is 0 Å². The number of hydrogen-bond donors (Lipinski definition) is 1. The van der Waals surface area contributed by atoms with Gasteiger partial charge in [-0.2, -0.15) is 0 Å². The highest BCUT2D eigenvalue weighted by Crippen LogP contribution is 2.41. The van der Waals surface area contributed by atoms with Gasteiger partial charge in [-0.25, -0.2) is 4.98 Å². The van der Waals surface area contributed by atoms with Crippen LogP contribution in [0, 0.1) is 12.3 Å². The number of piperidine rings is 1. The fourth-order valence-electron chi connectivity index (χ4n) is 4.43. The lowest BCUT2D eigenvalue weighted by atomic mass is 9.78. The first-order valence-corrected chi connectivity index (χ1v) is 9.15. The lowest BCUT2D eigenvalue weighted by Gasteiger charge is -2.39. The number of hydrogen-bond acceptors (Lipinski definition) is 4. The van der Waals surface area contributed by atoms with Gasteiger partial charge >= 0.3 is 0 Å². The third-order valence-electron chi connectivity index (χ3n) is 5.78. The number of anilines is 1. The summed E-state index contributed by atoms with van der Waals surface area (Å²) in [5.74, 6) is 1.19. The summed E-state index contributed by atoms with van der Waals surface area (Å²) < 4.78 is 0. The van der Waals surface area contributed by atoms with Crippen molar-refractivity contribution in [1.82, 2.24) is 9.88 Å². The number of nitrogens with zero attached hydrogens (tertiary/aromatic N) is 3. The van der Waals surface area contributed by atoms with E-state index in [2.05, 4.69) is 24.0 Å². The quantitative estimate of drug-likeness (QED) is 0.933. The van der Waals surface area contributed by atoms with Crippen LogP contribution in [0.2, 0.25) is 0 Å². The molecule has 0 bridgehead atoms. The second-order valence-electron chi connectivity index (χ2n) is 7.39. The molecule has 2 aliphatic rings. The molecule has 2 aliphatic heterocycles. The number of para-hydroxylation sites is 1. The Morgan fingerprint density at radius 3 is 2.92 bits per heavy atom. The van der Waals surface area contributed by atoms with Crippen molar-refractivity contribution in [2.75, 3.05) is 37.7 Å². The number of β-amino-alcohol motifs (C(OH)–C–C–N with tert-alkyl or cyclic N) is 1. The molecule has 3 heterocycles. The number of carbonyl (C=O) groups is 1. The van der Waals surface area contributed by atoms with E-state index in [-0.39, 0.29) is 17.9 Å². The monoisotopic (exact) mass is 339 g/mol. The van der Waals surface area contributed by atoms with E-state index in [4.69, 9.17) is 4.98 Å². The summed E-state index contributed by atoms with van der Waals surface area (Å²) in [5, 5.41) is 10.4. The van der Waals surface area contributed by atoms with E-state index < -0.39 is 0 Å². The van der Waals surface area contributed by atoms with Gasteiger partial charge in [0.15, 0.2) is 0 Å². The Bertz CT molecular complexity index is 805. The zero-order valence-electron chi connectivity index (χ0n) is 14.7. The Morgan fingerprint density at radius 1 is 1.24 bits per heavy atom. The minimum Gasteiger partial charge on any atom is -0.395 e. The Hall–Kier alpha value is -2.14. The summed E-state index contributed by atoms with van der Waals surface area (Å²) in [7, 11) is 0. The van der Waals surface area contributed by atoms with E-state index >= 15 is 0 Å². The molecule has 1 amide bonds. The van der Waals surface area contributed by atoms with Crippen molar-refractivity contribution in [2.45, 2.75) is 26.2 Å². The van der Waals surface area contributed by atoms with Crippen molar-refractivity contribution in [3.63, 3.8) is 0 Å². The average Bonchev–Trinajstić information content (AvgIpc) is 3.04. The largest absolute Gasteiger partial charge is 0.395 e. The predicted molar refractivity (Wildman–Crippen MR) is 98.6 cm³/mol. The van der Waals surface area contributed by atoms with Crippen molar-refractivity contribution in [3.05, 3.63) is 35.9 Å². The highest BCUT2D eigenvalue weighted by Gasteiger charge is 2.48. The van der Waals surface area contributed by atoms with Crippen LogP contribution in [0.5, 0.6) is 0 Å². The maximum Gasteiger partial charge on any atom is 0.230 e. The Balaban J connectivity index is 1.61. The summed E-state index contributed by atoms with van der Waals surface area (Å²) in [4.78, 5) is 21.9. The van der Waals surface area contributed by atoms with E-state index in [0.29, 0.717) is 6.54 Å². The van der Waals surface area contributed by atoms with Gasteiger partial charge in [0.2, 0.25) is 5.91 Å².